The highest BCUT2D eigenvalue weighted by Gasteiger charge is 2.62. The maximum absolute atomic E-state index is 11.8. The molecule has 1 fully saturated rings. The van der Waals surface area contributed by atoms with E-state index in [0.717, 1.165) is 27.7 Å². The van der Waals surface area contributed by atoms with Crippen LogP contribution >= 0.6 is 0 Å². The summed E-state index contributed by atoms with van der Waals surface area (Å²) >= 11 is 0. The Morgan fingerprint density at radius 2 is 1.26 bits per heavy atom. The first-order chi connectivity index (χ1) is 14.6. The molecule has 31 heavy (non-hydrogen) atoms. The third-order valence-corrected chi connectivity index (χ3v) is 3.79. The molecule has 0 aromatic heterocycles. The lowest BCUT2D eigenvalue weighted by Crippen LogP contribution is -2.70. The molecule has 4 atom stereocenters. The van der Waals surface area contributed by atoms with E-state index < -0.39 is 74.1 Å². The fourth-order valence-corrected chi connectivity index (χ4v) is 2.88. The van der Waals surface area contributed by atoms with Crippen LogP contribution in [0.4, 0.5) is 0 Å². The Morgan fingerprint density at radius 3 is 1.68 bits per heavy atom. The van der Waals surface area contributed by atoms with Gasteiger partial charge in [-0.3, -0.25) is 19.2 Å². The highest BCUT2D eigenvalue weighted by atomic mass is 16.9. The van der Waals surface area contributed by atoms with E-state index in [1.807, 2.05) is 0 Å². The van der Waals surface area contributed by atoms with Gasteiger partial charge in [-0.05, 0) is 0 Å². The number of ether oxygens (including phenoxy) is 7. The van der Waals surface area contributed by atoms with Crippen LogP contribution in [0.2, 0.25) is 0 Å². The fourth-order valence-electron chi connectivity index (χ4n) is 2.88. The van der Waals surface area contributed by atoms with Crippen LogP contribution in [-0.2, 0) is 52.3 Å². The summed E-state index contributed by atoms with van der Waals surface area (Å²) in [5.74, 6) is -5.46. The Morgan fingerprint density at radius 1 is 0.774 bits per heavy atom. The predicted octanol–water partition coefficient (Wildman–Crippen LogP) is -1.58. The Balaban J connectivity index is 3.54. The predicted molar refractivity (Wildman–Crippen MR) is 97.0 cm³/mol. The molecule has 13 heteroatoms. The van der Waals surface area contributed by atoms with Crippen molar-refractivity contribution in [2.45, 2.75) is 58.1 Å². The van der Waals surface area contributed by atoms with Crippen molar-refractivity contribution in [1.82, 2.24) is 0 Å². The van der Waals surface area contributed by atoms with Gasteiger partial charge in [0.2, 0.25) is 6.10 Å². The summed E-state index contributed by atoms with van der Waals surface area (Å²) in [7, 11) is 0. The first-order valence-electron chi connectivity index (χ1n) is 9.38. The number of hydrogen-bond donors (Lipinski definition) is 2. The van der Waals surface area contributed by atoms with Gasteiger partial charge in [0.25, 0.3) is 0 Å². The summed E-state index contributed by atoms with van der Waals surface area (Å²) in [5, 5.41) is 18.4. The normalized spacial score (nSPS) is 24.7. The topological polar surface area (TPSA) is 173 Å². The maximum atomic E-state index is 11.8. The molecular formula is C18H28O13. The number of rotatable bonds is 11. The van der Waals surface area contributed by atoms with Gasteiger partial charge >= 0.3 is 29.9 Å². The van der Waals surface area contributed by atoms with Gasteiger partial charge in [0, 0.05) is 27.7 Å². The molecule has 0 bridgehead atoms. The zero-order valence-electron chi connectivity index (χ0n) is 17.7. The van der Waals surface area contributed by atoms with Gasteiger partial charge in [0.15, 0.2) is 12.2 Å². The van der Waals surface area contributed by atoms with Crippen molar-refractivity contribution >= 4 is 23.9 Å². The van der Waals surface area contributed by atoms with Crippen molar-refractivity contribution in [1.29, 1.82) is 0 Å². The summed E-state index contributed by atoms with van der Waals surface area (Å²) in [6.07, 6.45) is -5.86. The minimum atomic E-state index is -2.31. The second-order valence-electron chi connectivity index (χ2n) is 6.38. The van der Waals surface area contributed by atoms with E-state index in [1.165, 1.54) is 0 Å². The standard InChI is InChI=1S/C18H28O13/c1-10(21)25-9-14-15(28-11(2)22)16(29-12(3)23)17(30-13(4)24)18(31-14,26-7-5-19)27-8-6-20/h14-17,19-20H,5-9H2,1-4H3/t14-,15-,16+,17-/m1/s1. The molecule has 0 aromatic rings. The van der Waals surface area contributed by atoms with Gasteiger partial charge in [-0.1, -0.05) is 0 Å². The van der Waals surface area contributed by atoms with Crippen molar-refractivity contribution in [3.63, 3.8) is 0 Å². The average Bonchev–Trinajstić information content (AvgIpc) is 2.66. The summed E-state index contributed by atoms with van der Waals surface area (Å²) < 4.78 is 37.4. The van der Waals surface area contributed by atoms with Gasteiger partial charge in [-0.15, -0.1) is 0 Å². The van der Waals surface area contributed by atoms with Gasteiger partial charge in [-0.25, -0.2) is 0 Å². The summed E-state index contributed by atoms with van der Waals surface area (Å²) in [5.41, 5.74) is 0. The van der Waals surface area contributed by atoms with Crippen LogP contribution in [0.3, 0.4) is 0 Å². The molecule has 0 spiro atoms. The smallest absolute Gasteiger partial charge is 0.327 e. The second-order valence-corrected chi connectivity index (χ2v) is 6.38. The number of hydrogen-bond acceptors (Lipinski definition) is 13. The number of carbonyl (C=O) groups is 4. The van der Waals surface area contributed by atoms with Crippen LogP contribution in [0.5, 0.6) is 0 Å². The van der Waals surface area contributed by atoms with Gasteiger partial charge < -0.3 is 43.4 Å². The molecule has 0 amide bonds. The molecule has 1 aliphatic heterocycles. The first-order valence-corrected chi connectivity index (χ1v) is 9.38. The molecule has 0 aliphatic carbocycles. The lowest BCUT2D eigenvalue weighted by atomic mass is 9.96. The van der Waals surface area contributed by atoms with Crippen molar-refractivity contribution in [3.8, 4) is 0 Å². The molecule has 0 radical (unpaired) electrons. The Bertz CT molecular complexity index is 626. The minimum absolute atomic E-state index is 0.380. The van der Waals surface area contributed by atoms with E-state index in [1.54, 1.807) is 0 Å². The van der Waals surface area contributed by atoms with Crippen molar-refractivity contribution in [2.75, 3.05) is 33.0 Å². The summed E-state index contributed by atoms with van der Waals surface area (Å²) in [6.45, 7) is 2.10. The van der Waals surface area contributed by atoms with Crippen LogP contribution < -0.4 is 0 Å². The van der Waals surface area contributed by atoms with Gasteiger partial charge in [-0.2, -0.15) is 0 Å². The van der Waals surface area contributed by atoms with Crippen LogP contribution in [-0.4, -0.2) is 97.5 Å². The molecule has 0 unspecified atom stereocenters. The molecule has 1 aliphatic rings. The molecule has 1 rings (SSSR count). The number of carbonyl (C=O) groups excluding carboxylic acids is 4. The highest BCUT2D eigenvalue weighted by molar-refractivity contribution is 5.68. The molecule has 13 nitrogen and oxygen atoms in total. The SMILES string of the molecule is CC(=O)OC[C@H]1OC(OCCO)(OCCO)[C@H](OC(C)=O)[C@@H](OC(C)=O)[C@@H]1OC(C)=O. The number of aliphatic hydroxyl groups is 2. The zero-order chi connectivity index (χ0) is 23.6. The summed E-state index contributed by atoms with van der Waals surface area (Å²) in [4.78, 5) is 46.6. The van der Waals surface area contributed by atoms with Crippen LogP contribution in [0.15, 0.2) is 0 Å². The quantitative estimate of drug-likeness (QED) is 0.209. The largest absolute Gasteiger partial charge is 0.463 e. The summed E-state index contributed by atoms with van der Waals surface area (Å²) in [6, 6.07) is 0. The molecule has 1 saturated heterocycles. The average molecular weight is 452 g/mol. The number of esters is 4. The van der Waals surface area contributed by atoms with E-state index in [0.29, 0.717) is 0 Å². The first kappa shape index (κ1) is 26.7. The minimum Gasteiger partial charge on any atom is -0.463 e. The van der Waals surface area contributed by atoms with E-state index >= 15 is 0 Å². The van der Waals surface area contributed by atoms with Crippen LogP contribution in [0.1, 0.15) is 27.7 Å². The molecule has 0 saturated carbocycles. The van der Waals surface area contributed by atoms with E-state index in [2.05, 4.69) is 0 Å². The third kappa shape index (κ3) is 8.03. The molecular weight excluding hydrogens is 424 g/mol. The third-order valence-electron chi connectivity index (χ3n) is 3.79. The van der Waals surface area contributed by atoms with Gasteiger partial charge in [0.05, 0.1) is 26.4 Å². The number of aliphatic hydroxyl groups excluding tert-OH is 2. The van der Waals surface area contributed by atoms with E-state index in [4.69, 9.17) is 33.2 Å². The van der Waals surface area contributed by atoms with Crippen LogP contribution in [0.25, 0.3) is 0 Å². The zero-order valence-corrected chi connectivity index (χ0v) is 17.7. The Kier molecular flexibility index (Phi) is 10.8. The van der Waals surface area contributed by atoms with Crippen molar-refractivity contribution in [3.05, 3.63) is 0 Å². The van der Waals surface area contributed by atoms with Crippen molar-refractivity contribution < 1.29 is 62.5 Å². The Hall–Kier alpha value is -2.32. The lowest BCUT2D eigenvalue weighted by molar-refractivity contribution is -0.461. The monoisotopic (exact) mass is 452 g/mol. The van der Waals surface area contributed by atoms with Crippen molar-refractivity contribution in [2.24, 2.45) is 0 Å². The van der Waals surface area contributed by atoms with E-state index in [9.17, 15) is 29.4 Å². The van der Waals surface area contributed by atoms with Crippen LogP contribution in [0, 0.1) is 0 Å². The van der Waals surface area contributed by atoms with Gasteiger partial charge in [0.1, 0.15) is 12.7 Å². The fraction of sp³-hybridized carbons (Fsp3) is 0.778. The van der Waals surface area contributed by atoms with E-state index in [-0.39, 0.29) is 13.2 Å². The molecule has 1 heterocycles. The maximum Gasteiger partial charge on any atom is 0.327 e. The second kappa shape index (κ2) is 12.5. The molecule has 2 N–H and O–H groups in total. The molecule has 0 aromatic carbocycles. The highest BCUT2D eigenvalue weighted by Crippen LogP contribution is 2.38. The Labute approximate surface area is 178 Å². The molecule has 178 valence electrons. The lowest BCUT2D eigenvalue weighted by Gasteiger charge is -2.49.